The van der Waals surface area contributed by atoms with Crippen LogP contribution in [0.3, 0.4) is 0 Å². The van der Waals surface area contributed by atoms with Crippen molar-refractivity contribution in [1.82, 2.24) is 9.55 Å². The molecule has 21 heavy (non-hydrogen) atoms. The lowest BCUT2D eigenvalue weighted by atomic mass is 10.2. The third-order valence-electron chi connectivity index (χ3n) is 3.20. The fourth-order valence-electron chi connectivity index (χ4n) is 2.13. The van der Waals surface area contributed by atoms with Crippen molar-refractivity contribution in [2.24, 2.45) is 0 Å². The highest BCUT2D eigenvalue weighted by Gasteiger charge is 2.03. The number of rotatable bonds is 3. The van der Waals surface area contributed by atoms with Gasteiger partial charge in [0.2, 0.25) is 0 Å². The van der Waals surface area contributed by atoms with Crippen LogP contribution in [0.2, 0.25) is 0 Å². The summed E-state index contributed by atoms with van der Waals surface area (Å²) in [6.45, 7) is 0.507. The zero-order valence-electron chi connectivity index (χ0n) is 11.2. The predicted molar refractivity (Wildman–Crippen MR) is 89.2 cm³/mol. The lowest BCUT2D eigenvalue weighted by Gasteiger charge is -2.04. The van der Waals surface area contributed by atoms with Gasteiger partial charge >= 0.3 is 0 Å². The SMILES string of the molecule is O=c1c2ccc(Br)cc2ncn1C/C=C/c1ccccc1. The van der Waals surface area contributed by atoms with E-state index in [1.165, 1.54) is 0 Å². The number of nitrogens with zero attached hydrogens (tertiary/aromatic N) is 2. The van der Waals surface area contributed by atoms with Gasteiger partial charge in [0.25, 0.3) is 5.56 Å². The topological polar surface area (TPSA) is 34.9 Å². The van der Waals surface area contributed by atoms with Crippen LogP contribution in [-0.4, -0.2) is 9.55 Å². The van der Waals surface area contributed by atoms with Gasteiger partial charge in [-0.3, -0.25) is 9.36 Å². The van der Waals surface area contributed by atoms with Gasteiger partial charge in [-0.2, -0.15) is 0 Å². The third-order valence-corrected chi connectivity index (χ3v) is 3.69. The number of benzene rings is 2. The number of aromatic nitrogens is 2. The molecule has 4 heteroatoms. The lowest BCUT2D eigenvalue weighted by Crippen LogP contribution is -2.19. The van der Waals surface area contributed by atoms with Crippen LogP contribution in [0.15, 0.2) is 70.2 Å². The molecular formula is C17H13BrN2O. The Morgan fingerprint density at radius 2 is 1.95 bits per heavy atom. The number of halogens is 1. The average Bonchev–Trinajstić information content (AvgIpc) is 2.50. The molecule has 0 N–H and O–H groups in total. The van der Waals surface area contributed by atoms with Crippen molar-refractivity contribution < 1.29 is 0 Å². The van der Waals surface area contributed by atoms with Crippen molar-refractivity contribution in [3.05, 3.63) is 81.3 Å². The van der Waals surface area contributed by atoms with E-state index in [-0.39, 0.29) is 5.56 Å². The monoisotopic (exact) mass is 340 g/mol. The molecule has 0 aliphatic rings. The van der Waals surface area contributed by atoms with E-state index in [0.29, 0.717) is 17.4 Å². The molecule has 0 aliphatic heterocycles. The van der Waals surface area contributed by atoms with Gasteiger partial charge in [0, 0.05) is 11.0 Å². The molecule has 3 rings (SSSR count). The summed E-state index contributed by atoms with van der Waals surface area (Å²) in [7, 11) is 0. The van der Waals surface area contributed by atoms with Crippen molar-refractivity contribution in [2.75, 3.05) is 0 Å². The van der Waals surface area contributed by atoms with E-state index >= 15 is 0 Å². The smallest absolute Gasteiger partial charge is 0.261 e. The summed E-state index contributed by atoms with van der Waals surface area (Å²) in [5, 5.41) is 0.633. The van der Waals surface area contributed by atoms with Crippen LogP contribution in [0.5, 0.6) is 0 Å². The Balaban J connectivity index is 1.88. The van der Waals surface area contributed by atoms with Gasteiger partial charge in [-0.15, -0.1) is 0 Å². The van der Waals surface area contributed by atoms with Gasteiger partial charge in [-0.05, 0) is 23.8 Å². The van der Waals surface area contributed by atoms with Crippen molar-refractivity contribution in [1.29, 1.82) is 0 Å². The normalized spacial score (nSPS) is 11.3. The molecular weight excluding hydrogens is 328 g/mol. The summed E-state index contributed by atoms with van der Waals surface area (Å²) in [6.07, 6.45) is 5.55. The van der Waals surface area contributed by atoms with Crippen molar-refractivity contribution >= 4 is 32.9 Å². The Labute approximate surface area is 130 Å². The van der Waals surface area contributed by atoms with E-state index in [4.69, 9.17) is 0 Å². The van der Waals surface area contributed by atoms with Crippen molar-refractivity contribution in [3.63, 3.8) is 0 Å². The molecule has 3 nitrogen and oxygen atoms in total. The largest absolute Gasteiger partial charge is 0.295 e. The Morgan fingerprint density at radius 3 is 2.76 bits per heavy atom. The highest BCUT2D eigenvalue weighted by molar-refractivity contribution is 9.10. The Hall–Kier alpha value is -2.20. The second-order valence-corrected chi connectivity index (χ2v) is 5.59. The first kappa shape index (κ1) is 13.8. The molecule has 0 bridgehead atoms. The Morgan fingerprint density at radius 1 is 1.14 bits per heavy atom. The summed E-state index contributed by atoms with van der Waals surface area (Å²) >= 11 is 3.38. The van der Waals surface area contributed by atoms with Gasteiger partial charge in [0.15, 0.2) is 0 Å². The van der Waals surface area contributed by atoms with Gasteiger partial charge in [-0.1, -0.05) is 58.4 Å². The first-order valence-electron chi connectivity index (χ1n) is 6.60. The highest BCUT2D eigenvalue weighted by atomic mass is 79.9. The van der Waals surface area contributed by atoms with Gasteiger partial charge < -0.3 is 0 Å². The first-order valence-corrected chi connectivity index (χ1v) is 7.39. The maximum Gasteiger partial charge on any atom is 0.261 e. The molecule has 1 heterocycles. The number of hydrogen-bond donors (Lipinski definition) is 0. The van der Waals surface area contributed by atoms with Crippen LogP contribution in [0, 0.1) is 0 Å². The molecule has 0 radical (unpaired) electrons. The summed E-state index contributed by atoms with van der Waals surface area (Å²) in [4.78, 5) is 16.7. The summed E-state index contributed by atoms with van der Waals surface area (Å²) in [5.41, 5.74) is 1.80. The fourth-order valence-corrected chi connectivity index (χ4v) is 2.48. The molecule has 0 saturated carbocycles. The van der Waals surface area contributed by atoms with Crippen molar-refractivity contribution in [2.45, 2.75) is 6.54 Å². The molecule has 0 spiro atoms. The standard InChI is InChI=1S/C17H13BrN2O/c18-14-8-9-15-16(11-14)19-12-20(17(15)21)10-4-7-13-5-2-1-3-6-13/h1-9,11-12H,10H2/b7-4+. The second-order valence-electron chi connectivity index (χ2n) is 4.68. The molecule has 0 aliphatic carbocycles. The molecule has 0 atom stereocenters. The van der Waals surface area contributed by atoms with Gasteiger partial charge in [0.1, 0.15) is 0 Å². The van der Waals surface area contributed by atoms with Crippen LogP contribution >= 0.6 is 15.9 Å². The molecule has 0 fully saturated rings. The molecule has 2 aromatic carbocycles. The Bertz CT molecular complexity index is 854. The summed E-state index contributed by atoms with van der Waals surface area (Å²) < 4.78 is 2.53. The molecule has 0 saturated heterocycles. The van der Waals surface area contributed by atoms with Crippen LogP contribution in [0.4, 0.5) is 0 Å². The minimum atomic E-state index is -0.0230. The average molecular weight is 341 g/mol. The Kier molecular flexibility index (Phi) is 3.97. The predicted octanol–water partition coefficient (Wildman–Crippen LogP) is 3.87. The third kappa shape index (κ3) is 3.11. The zero-order valence-corrected chi connectivity index (χ0v) is 12.8. The van der Waals surface area contributed by atoms with Crippen LogP contribution in [0.1, 0.15) is 5.56 Å². The van der Waals surface area contributed by atoms with Crippen molar-refractivity contribution in [3.8, 4) is 0 Å². The highest BCUT2D eigenvalue weighted by Crippen LogP contribution is 2.14. The minimum absolute atomic E-state index is 0.0230. The number of fused-ring (bicyclic) bond motifs is 1. The molecule has 3 aromatic rings. The maximum atomic E-state index is 12.4. The van der Waals surface area contributed by atoms with E-state index in [2.05, 4.69) is 20.9 Å². The molecule has 104 valence electrons. The second kappa shape index (κ2) is 6.06. The van der Waals surface area contributed by atoms with Crippen LogP contribution in [0.25, 0.3) is 17.0 Å². The van der Waals surface area contributed by atoms with Crippen LogP contribution < -0.4 is 5.56 Å². The van der Waals surface area contributed by atoms with E-state index in [0.717, 1.165) is 10.0 Å². The van der Waals surface area contributed by atoms with Crippen LogP contribution in [-0.2, 0) is 6.54 Å². The maximum absolute atomic E-state index is 12.4. The first-order chi connectivity index (χ1) is 10.2. The lowest BCUT2D eigenvalue weighted by molar-refractivity contribution is 0.769. The molecule has 0 amide bonds. The number of hydrogen-bond acceptors (Lipinski definition) is 2. The van der Waals surface area contributed by atoms with Gasteiger partial charge in [0.05, 0.1) is 17.2 Å². The summed E-state index contributed by atoms with van der Waals surface area (Å²) in [5.74, 6) is 0. The van der Waals surface area contributed by atoms with Gasteiger partial charge in [-0.25, -0.2) is 4.98 Å². The number of allylic oxidation sites excluding steroid dienone is 1. The van der Waals surface area contributed by atoms with E-state index in [9.17, 15) is 4.79 Å². The minimum Gasteiger partial charge on any atom is -0.295 e. The summed E-state index contributed by atoms with van der Waals surface area (Å²) in [6, 6.07) is 15.5. The van der Waals surface area contributed by atoms with E-state index in [1.807, 2.05) is 54.6 Å². The molecule has 1 aromatic heterocycles. The fraction of sp³-hybridized carbons (Fsp3) is 0.0588. The van der Waals surface area contributed by atoms with E-state index < -0.39 is 0 Å². The zero-order chi connectivity index (χ0) is 14.7. The molecule has 0 unspecified atom stereocenters. The quantitative estimate of drug-likeness (QED) is 0.725. The van der Waals surface area contributed by atoms with E-state index in [1.54, 1.807) is 17.0 Å².